The molecular formula is C20H16O4. The van der Waals surface area contributed by atoms with Gasteiger partial charge in [-0.3, -0.25) is 4.79 Å². The number of carbonyl (C=O) groups is 1. The predicted molar refractivity (Wildman–Crippen MR) is 93.6 cm³/mol. The maximum Gasteiger partial charge on any atom is 0.189 e. The summed E-state index contributed by atoms with van der Waals surface area (Å²) < 4.78 is 5.14. The molecular weight excluding hydrogens is 304 g/mol. The van der Waals surface area contributed by atoms with Crippen LogP contribution in [0.4, 0.5) is 0 Å². The molecule has 0 atom stereocenters. The Morgan fingerprint density at radius 1 is 1.00 bits per heavy atom. The fourth-order valence-electron chi connectivity index (χ4n) is 2.59. The number of methoxy groups -OCH3 is 1. The van der Waals surface area contributed by atoms with Gasteiger partial charge in [-0.1, -0.05) is 36.4 Å². The Hall–Kier alpha value is -3.27. The van der Waals surface area contributed by atoms with Crippen molar-refractivity contribution in [2.45, 2.75) is 0 Å². The van der Waals surface area contributed by atoms with E-state index in [-0.39, 0.29) is 17.3 Å². The Morgan fingerprint density at radius 2 is 1.75 bits per heavy atom. The number of phenols is 2. The second kappa shape index (κ2) is 6.46. The lowest BCUT2D eigenvalue weighted by Crippen LogP contribution is -1.98. The summed E-state index contributed by atoms with van der Waals surface area (Å²) in [5.74, 6) is 0.329. The van der Waals surface area contributed by atoms with Gasteiger partial charge in [-0.05, 0) is 35.2 Å². The largest absolute Gasteiger partial charge is 0.508 e. The minimum Gasteiger partial charge on any atom is -0.508 e. The van der Waals surface area contributed by atoms with Crippen molar-refractivity contribution in [1.82, 2.24) is 0 Å². The fourth-order valence-corrected chi connectivity index (χ4v) is 2.59. The molecule has 0 saturated heterocycles. The van der Waals surface area contributed by atoms with Crippen molar-refractivity contribution in [2.24, 2.45) is 0 Å². The van der Waals surface area contributed by atoms with Crippen molar-refractivity contribution < 1.29 is 19.7 Å². The standard InChI is InChI=1S/C20H16O4/c1-24-20-12-14(21)8-9-17(20)19(23)11-7-13-6-10-18(22)16-5-3-2-4-15(13)16/h2-12,21-22H,1H3/b11-7+. The van der Waals surface area contributed by atoms with Crippen LogP contribution in [0.3, 0.4) is 0 Å². The normalized spacial score (nSPS) is 11.0. The molecule has 0 aliphatic rings. The predicted octanol–water partition coefficient (Wildman–Crippen LogP) is 4.16. The van der Waals surface area contributed by atoms with Crippen molar-refractivity contribution in [1.29, 1.82) is 0 Å². The highest BCUT2D eigenvalue weighted by Crippen LogP contribution is 2.29. The minimum absolute atomic E-state index is 0.0388. The Labute approximate surface area is 139 Å². The third-order valence-electron chi connectivity index (χ3n) is 3.80. The zero-order valence-corrected chi connectivity index (χ0v) is 13.1. The molecule has 4 nitrogen and oxygen atoms in total. The van der Waals surface area contributed by atoms with E-state index in [1.807, 2.05) is 24.3 Å². The van der Waals surface area contributed by atoms with E-state index in [1.165, 1.54) is 31.4 Å². The molecule has 0 saturated carbocycles. The molecule has 120 valence electrons. The quantitative estimate of drug-likeness (QED) is 0.559. The van der Waals surface area contributed by atoms with Crippen LogP contribution in [0.25, 0.3) is 16.8 Å². The molecule has 3 rings (SSSR count). The Morgan fingerprint density at radius 3 is 2.50 bits per heavy atom. The summed E-state index contributed by atoms with van der Waals surface area (Å²) in [6.45, 7) is 0. The molecule has 24 heavy (non-hydrogen) atoms. The monoisotopic (exact) mass is 320 g/mol. The minimum atomic E-state index is -0.232. The van der Waals surface area contributed by atoms with Crippen LogP contribution in [0.15, 0.2) is 60.7 Å². The third kappa shape index (κ3) is 2.94. The van der Waals surface area contributed by atoms with E-state index >= 15 is 0 Å². The van der Waals surface area contributed by atoms with Crippen LogP contribution in [-0.2, 0) is 0 Å². The lowest BCUT2D eigenvalue weighted by Gasteiger charge is -2.06. The van der Waals surface area contributed by atoms with Crippen LogP contribution in [0.2, 0.25) is 0 Å². The molecule has 0 aromatic heterocycles. The van der Waals surface area contributed by atoms with E-state index in [9.17, 15) is 15.0 Å². The van der Waals surface area contributed by atoms with Gasteiger partial charge in [-0.15, -0.1) is 0 Å². The van der Waals surface area contributed by atoms with Gasteiger partial charge in [0, 0.05) is 11.5 Å². The van der Waals surface area contributed by atoms with Crippen LogP contribution >= 0.6 is 0 Å². The molecule has 0 aliphatic carbocycles. The topological polar surface area (TPSA) is 66.8 Å². The lowest BCUT2D eigenvalue weighted by molar-refractivity contribution is 0.104. The molecule has 3 aromatic rings. The van der Waals surface area contributed by atoms with Crippen molar-refractivity contribution >= 4 is 22.6 Å². The summed E-state index contributed by atoms with van der Waals surface area (Å²) in [5, 5.41) is 21.0. The SMILES string of the molecule is COc1cc(O)ccc1C(=O)/C=C/c1ccc(O)c2ccccc12. The highest BCUT2D eigenvalue weighted by Gasteiger charge is 2.10. The zero-order chi connectivity index (χ0) is 17.1. The first kappa shape index (κ1) is 15.6. The van der Waals surface area contributed by atoms with E-state index in [2.05, 4.69) is 0 Å². The first-order valence-corrected chi connectivity index (χ1v) is 7.40. The van der Waals surface area contributed by atoms with E-state index in [4.69, 9.17) is 4.74 Å². The number of carbonyl (C=O) groups excluding carboxylic acids is 1. The molecule has 0 spiro atoms. The van der Waals surface area contributed by atoms with E-state index in [0.717, 1.165) is 16.3 Å². The molecule has 0 bridgehead atoms. The average molecular weight is 320 g/mol. The Balaban J connectivity index is 1.97. The molecule has 2 N–H and O–H groups in total. The molecule has 0 aliphatic heterocycles. The van der Waals surface area contributed by atoms with Crippen LogP contribution in [0.5, 0.6) is 17.2 Å². The zero-order valence-electron chi connectivity index (χ0n) is 13.1. The van der Waals surface area contributed by atoms with Gasteiger partial charge in [-0.2, -0.15) is 0 Å². The smallest absolute Gasteiger partial charge is 0.189 e. The number of hydrogen-bond donors (Lipinski definition) is 2. The van der Waals surface area contributed by atoms with Gasteiger partial charge in [0.2, 0.25) is 0 Å². The summed E-state index contributed by atoms with van der Waals surface area (Å²) in [6.07, 6.45) is 3.16. The van der Waals surface area contributed by atoms with E-state index in [0.29, 0.717) is 11.3 Å². The molecule has 0 unspecified atom stereocenters. The third-order valence-corrected chi connectivity index (χ3v) is 3.80. The molecule has 0 fully saturated rings. The van der Waals surface area contributed by atoms with Gasteiger partial charge in [0.05, 0.1) is 12.7 Å². The maximum absolute atomic E-state index is 12.4. The van der Waals surface area contributed by atoms with Gasteiger partial charge >= 0.3 is 0 Å². The number of fused-ring (bicyclic) bond motifs is 1. The molecule has 0 heterocycles. The number of hydrogen-bond acceptors (Lipinski definition) is 4. The summed E-state index contributed by atoms with van der Waals surface area (Å²) >= 11 is 0. The first-order valence-electron chi connectivity index (χ1n) is 7.40. The van der Waals surface area contributed by atoms with E-state index < -0.39 is 0 Å². The van der Waals surface area contributed by atoms with Crippen LogP contribution in [0.1, 0.15) is 15.9 Å². The number of rotatable bonds is 4. The summed E-state index contributed by atoms with van der Waals surface area (Å²) in [6, 6.07) is 15.2. The van der Waals surface area contributed by atoms with E-state index in [1.54, 1.807) is 18.2 Å². The number of phenolic OH excluding ortho intramolecular Hbond substituents is 2. The number of benzene rings is 3. The summed E-state index contributed by atoms with van der Waals surface area (Å²) in [4.78, 5) is 12.4. The summed E-state index contributed by atoms with van der Waals surface area (Å²) in [5.41, 5.74) is 1.20. The van der Waals surface area contributed by atoms with Gasteiger partial charge in [0.1, 0.15) is 17.2 Å². The number of allylic oxidation sites excluding steroid dienone is 1. The van der Waals surface area contributed by atoms with Crippen molar-refractivity contribution in [3.8, 4) is 17.2 Å². The molecule has 3 aromatic carbocycles. The number of ether oxygens (including phenoxy) is 1. The Kier molecular flexibility index (Phi) is 4.20. The number of ketones is 1. The number of aromatic hydroxyl groups is 2. The van der Waals surface area contributed by atoms with Crippen LogP contribution in [-0.4, -0.2) is 23.1 Å². The maximum atomic E-state index is 12.4. The molecule has 0 amide bonds. The van der Waals surface area contributed by atoms with Gasteiger partial charge < -0.3 is 14.9 Å². The van der Waals surface area contributed by atoms with Crippen molar-refractivity contribution in [2.75, 3.05) is 7.11 Å². The highest BCUT2D eigenvalue weighted by atomic mass is 16.5. The van der Waals surface area contributed by atoms with Gasteiger partial charge in [0.25, 0.3) is 0 Å². The summed E-state index contributed by atoms with van der Waals surface area (Å²) in [7, 11) is 1.45. The van der Waals surface area contributed by atoms with Gasteiger partial charge in [-0.25, -0.2) is 0 Å². The van der Waals surface area contributed by atoms with Crippen LogP contribution < -0.4 is 4.74 Å². The fraction of sp³-hybridized carbons (Fsp3) is 0.0500. The first-order chi connectivity index (χ1) is 11.6. The molecule has 4 heteroatoms. The van der Waals surface area contributed by atoms with Gasteiger partial charge in [0.15, 0.2) is 5.78 Å². The Bertz CT molecular complexity index is 942. The second-order valence-electron chi connectivity index (χ2n) is 5.30. The molecule has 0 radical (unpaired) electrons. The van der Waals surface area contributed by atoms with Crippen molar-refractivity contribution in [3.63, 3.8) is 0 Å². The second-order valence-corrected chi connectivity index (χ2v) is 5.30. The van der Waals surface area contributed by atoms with Crippen LogP contribution in [0, 0.1) is 0 Å². The lowest BCUT2D eigenvalue weighted by atomic mass is 10.0. The average Bonchev–Trinajstić information content (AvgIpc) is 2.61. The van der Waals surface area contributed by atoms with Crippen molar-refractivity contribution in [3.05, 3.63) is 71.8 Å². The highest BCUT2D eigenvalue weighted by molar-refractivity contribution is 6.09.